The Morgan fingerprint density at radius 1 is 1.38 bits per heavy atom. The van der Waals surface area contributed by atoms with E-state index in [1.807, 2.05) is 11.8 Å². The maximum Gasteiger partial charge on any atom is 0.127 e. The summed E-state index contributed by atoms with van der Waals surface area (Å²) >= 11 is 0. The molecule has 1 aromatic rings. The maximum atomic E-state index is 13.3. The summed E-state index contributed by atoms with van der Waals surface area (Å²) in [6.07, 6.45) is 0.912. The van der Waals surface area contributed by atoms with Crippen molar-refractivity contribution in [2.75, 3.05) is 13.1 Å². The molecule has 2 rings (SSSR count). The van der Waals surface area contributed by atoms with E-state index in [-0.39, 0.29) is 11.4 Å². The van der Waals surface area contributed by atoms with Crippen LogP contribution in [0.1, 0.15) is 18.9 Å². The van der Waals surface area contributed by atoms with E-state index in [9.17, 15) is 8.78 Å². The molecule has 88 valence electrons. The maximum absolute atomic E-state index is 13.3. The van der Waals surface area contributed by atoms with Gasteiger partial charge in [0.15, 0.2) is 0 Å². The molecule has 0 radical (unpaired) electrons. The van der Waals surface area contributed by atoms with Gasteiger partial charge in [-0.3, -0.25) is 4.90 Å². The highest BCUT2D eigenvalue weighted by Gasteiger charge is 2.37. The van der Waals surface area contributed by atoms with Crippen molar-refractivity contribution in [3.8, 4) is 0 Å². The summed E-state index contributed by atoms with van der Waals surface area (Å²) in [5, 5.41) is 0. The van der Waals surface area contributed by atoms with E-state index in [1.165, 1.54) is 12.1 Å². The third-order valence-electron chi connectivity index (χ3n) is 3.18. The van der Waals surface area contributed by atoms with Crippen LogP contribution in [0, 0.1) is 11.6 Å². The standard InChI is InChI=1S/C12H16F2N2/c1-2-12(15)7-16(8-12)6-9-5-10(13)3-4-11(9)14/h3-5H,2,6-8,15H2,1H3. The molecule has 0 amide bonds. The van der Waals surface area contributed by atoms with Crippen LogP contribution in [0.15, 0.2) is 18.2 Å². The summed E-state index contributed by atoms with van der Waals surface area (Å²) in [5.41, 5.74) is 6.27. The molecule has 0 saturated carbocycles. The lowest BCUT2D eigenvalue weighted by molar-refractivity contribution is 0.0596. The molecule has 0 atom stereocenters. The molecule has 1 heterocycles. The van der Waals surface area contributed by atoms with E-state index in [2.05, 4.69) is 0 Å². The van der Waals surface area contributed by atoms with Gasteiger partial charge in [-0.25, -0.2) is 8.78 Å². The molecule has 4 heteroatoms. The topological polar surface area (TPSA) is 29.3 Å². The Bertz CT molecular complexity index is 387. The van der Waals surface area contributed by atoms with Gasteiger partial charge in [0.05, 0.1) is 0 Å². The third-order valence-corrected chi connectivity index (χ3v) is 3.18. The highest BCUT2D eigenvalue weighted by molar-refractivity contribution is 5.19. The van der Waals surface area contributed by atoms with Crippen LogP contribution in [0.3, 0.4) is 0 Å². The second-order valence-electron chi connectivity index (χ2n) is 4.60. The molecule has 0 bridgehead atoms. The van der Waals surface area contributed by atoms with E-state index in [4.69, 9.17) is 5.73 Å². The zero-order valence-corrected chi connectivity index (χ0v) is 9.34. The average Bonchev–Trinajstić information content (AvgIpc) is 2.21. The molecule has 0 unspecified atom stereocenters. The quantitative estimate of drug-likeness (QED) is 0.852. The number of halogens is 2. The van der Waals surface area contributed by atoms with Gasteiger partial charge in [-0.05, 0) is 24.6 Å². The lowest BCUT2D eigenvalue weighted by atomic mass is 9.88. The molecular formula is C12H16F2N2. The van der Waals surface area contributed by atoms with Crippen molar-refractivity contribution in [2.45, 2.75) is 25.4 Å². The summed E-state index contributed by atoms with van der Waals surface area (Å²) in [6, 6.07) is 3.55. The van der Waals surface area contributed by atoms with Crippen LogP contribution in [-0.4, -0.2) is 23.5 Å². The Hall–Kier alpha value is -1.00. The lowest BCUT2D eigenvalue weighted by Crippen LogP contribution is -2.66. The second-order valence-corrected chi connectivity index (χ2v) is 4.60. The number of likely N-dealkylation sites (tertiary alicyclic amines) is 1. The molecule has 0 spiro atoms. The van der Waals surface area contributed by atoms with Crippen LogP contribution in [0.4, 0.5) is 8.78 Å². The van der Waals surface area contributed by atoms with Crippen LogP contribution in [-0.2, 0) is 6.54 Å². The van der Waals surface area contributed by atoms with Gasteiger partial charge in [0.25, 0.3) is 0 Å². The first-order valence-electron chi connectivity index (χ1n) is 5.47. The summed E-state index contributed by atoms with van der Waals surface area (Å²) in [4.78, 5) is 2.03. The Morgan fingerprint density at radius 3 is 2.69 bits per heavy atom. The summed E-state index contributed by atoms with van der Waals surface area (Å²) in [5.74, 6) is -0.751. The number of nitrogens with two attached hydrogens (primary N) is 1. The van der Waals surface area contributed by atoms with Crippen LogP contribution in [0.25, 0.3) is 0 Å². The minimum atomic E-state index is -0.397. The van der Waals surface area contributed by atoms with Gasteiger partial charge >= 0.3 is 0 Å². The predicted molar refractivity (Wildman–Crippen MR) is 58.8 cm³/mol. The second kappa shape index (κ2) is 4.11. The molecule has 16 heavy (non-hydrogen) atoms. The van der Waals surface area contributed by atoms with Crippen molar-refractivity contribution in [3.63, 3.8) is 0 Å². The van der Waals surface area contributed by atoms with Crippen LogP contribution >= 0.6 is 0 Å². The molecule has 1 aliphatic heterocycles. The highest BCUT2D eigenvalue weighted by Crippen LogP contribution is 2.24. The highest BCUT2D eigenvalue weighted by atomic mass is 19.1. The number of benzene rings is 1. The molecule has 1 fully saturated rings. The third kappa shape index (κ3) is 2.23. The van der Waals surface area contributed by atoms with Crippen molar-refractivity contribution in [3.05, 3.63) is 35.4 Å². The Kier molecular flexibility index (Phi) is 2.95. The van der Waals surface area contributed by atoms with E-state index >= 15 is 0 Å². The van der Waals surface area contributed by atoms with E-state index in [0.29, 0.717) is 12.1 Å². The van der Waals surface area contributed by atoms with Gasteiger partial charge in [-0.2, -0.15) is 0 Å². The van der Waals surface area contributed by atoms with Crippen molar-refractivity contribution in [1.82, 2.24) is 4.90 Å². The SMILES string of the molecule is CCC1(N)CN(Cc2cc(F)ccc2F)C1. The normalized spacial score (nSPS) is 19.5. The first-order chi connectivity index (χ1) is 7.52. The summed E-state index contributed by atoms with van der Waals surface area (Å²) in [6.45, 7) is 3.97. The zero-order valence-electron chi connectivity index (χ0n) is 9.34. The van der Waals surface area contributed by atoms with Crippen molar-refractivity contribution in [1.29, 1.82) is 0 Å². The van der Waals surface area contributed by atoms with Crippen LogP contribution in [0.5, 0.6) is 0 Å². The largest absolute Gasteiger partial charge is 0.323 e. The molecule has 1 aromatic carbocycles. The Morgan fingerprint density at radius 2 is 2.06 bits per heavy atom. The molecule has 2 N–H and O–H groups in total. The van der Waals surface area contributed by atoms with Gasteiger partial charge in [-0.1, -0.05) is 6.92 Å². The van der Waals surface area contributed by atoms with E-state index in [1.54, 1.807) is 0 Å². The average molecular weight is 226 g/mol. The summed E-state index contributed by atoms with van der Waals surface area (Å²) < 4.78 is 26.3. The van der Waals surface area contributed by atoms with Crippen LogP contribution in [0.2, 0.25) is 0 Å². The van der Waals surface area contributed by atoms with Gasteiger partial charge in [-0.15, -0.1) is 0 Å². The van der Waals surface area contributed by atoms with Crippen molar-refractivity contribution >= 4 is 0 Å². The lowest BCUT2D eigenvalue weighted by Gasteiger charge is -2.47. The van der Waals surface area contributed by atoms with Crippen molar-refractivity contribution in [2.24, 2.45) is 5.73 Å². The molecule has 1 saturated heterocycles. The van der Waals surface area contributed by atoms with Crippen LogP contribution < -0.4 is 5.73 Å². The number of hydrogen-bond donors (Lipinski definition) is 1. The van der Waals surface area contributed by atoms with Crippen molar-refractivity contribution < 1.29 is 8.78 Å². The molecule has 1 aliphatic rings. The number of nitrogens with zero attached hydrogens (tertiary/aromatic N) is 1. The fourth-order valence-corrected chi connectivity index (χ4v) is 2.09. The van der Waals surface area contributed by atoms with Gasteiger partial charge < -0.3 is 5.73 Å². The summed E-state index contributed by atoms with van der Waals surface area (Å²) in [7, 11) is 0. The van der Waals surface area contributed by atoms with E-state index < -0.39 is 5.82 Å². The number of rotatable bonds is 3. The minimum Gasteiger partial charge on any atom is -0.323 e. The van der Waals surface area contributed by atoms with Gasteiger partial charge in [0.1, 0.15) is 11.6 Å². The first-order valence-corrected chi connectivity index (χ1v) is 5.47. The molecular weight excluding hydrogens is 210 g/mol. The monoisotopic (exact) mass is 226 g/mol. The van der Waals surface area contributed by atoms with E-state index in [0.717, 1.165) is 25.6 Å². The smallest absolute Gasteiger partial charge is 0.127 e. The minimum absolute atomic E-state index is 0.135. The zero-order chi connectivity index (χ0) is 11.8. The van der Waals surface area contributed by atoms with Gasteiger partial charge in [0.2, 0.25) is 0 Å². The predicted octanol–water partition coefficient (Wildman–Crippen LogP) is 1.89. The molecule has 0 aliphatic carbocycles. The Balaban J connectivity index is 1.99. The number of hydrogen-bond acceptors (Lipinski definition) is 2. The molecule has 0 aromatic heterocycles. The van der Waals surface area contributed by atoms with Gasteiger partial charge in [0, 0.05) is 30.7 Å². The fraction of sp³-hybridized carbons (Fsp3) is 0.500. The Labute approximate surface area is 94.0 Å². The fourth-order valence-electron chi connectivity index (χ4n) is 2.09. The molecule has 2 nitrogen and oxygen atoms in total. The first kappa shape index (κ1) is 11.5.